The van der Waals surface area contributed by atoms with Crippen molar-refractivity contribution >= 4 is 0 Å². The van der Waals surface area contributed by atoms with E-state index < -0.39 is 0 Å². The van der Waals surface area contributed by atoms with Gasteiger partial charge in [0.1, 0.15) is 0 Å². The van der Waals surface area contributed by atoms with Crippen LogP contribution in [0.1, 0.15) is 33.6 Å². The highest BCUT2D eigenvalue weighted by Gasteiger charge is 2.22. The normalized spacial score (nSPS) is 16.1. The van der Waals surface area contributed by atoms with Gasteiger partial charge >= 0.3 is 0 Å². The van der Waals surface area contributed by atoms with Crippen molar-refractivity contribution in [2.24, 2.45) is 0 Å². The summed E-state index contributed by atoms with van der Waals surface area (Å²) >= 11 is 0. The number of aromatic nitrogens is 2. The molecule has 0 saturated carbocycles. The lowest BCUT2D eigenvalue weighted by molar-refractivity contribution is 0.261. The fourth-order valence-corrected chi connectivity index (χ4v) is 1.55. The Hall–Kier alpha value is -1.25. The molecule has 1 heterocycles. The van der Waals surface area contributed by atoms with E-state index >= 15 is 0 Å². The Morgan fingerprint density at radius 1 is 1.53 bits per heavy atom. The van der Waals surface area contributed by atoms with Crippen LogP contribution in [0.4, 0.5) is 0 Å². The molecule has 15 heavy (non-hydrogen) atoms. The summed E-state index contributed by atoms with van der Waals surface area (Å²) in [5, 5.41) is 4.30. The van der Waals surface area contributed by atoms with E-state index in [9.17, 15) is 0 Å². The third-order valence-corrected chi connectivity index (χ3v) is 2.83. The highest BCUT2D eigenvalue weighted by atomic mass is 16.5. The summed E-state index contributed by atoms with van der Waals surface area (Å²) in [5.74, 6) is 1.01. The predicted molar refractivity (Wildman–Crippen MR) is 61.5 cm³/mol. The van der Waals surface area contributed by atoms with E-state index in [4.69, 9.17) is 4.74 Å². The van der Waals surface area contributed by atoms with E-state index in [1.165, 1.54) is 0 Å². The van der Waals surface area contributed by atoms with Crippen LogP contribution in [-0.4, -0.2) is 16.9 Å². The van der Waals surface area contributed by atoms with Crippen LogP contribution in [0.25, 0.3) is 0 Å². The Bertz CT molecular complexity index is 310. The molecule has 1 atom stereocenters. The van der Waals surface area contributed by atoms with Gasteiger partial charge in [-0.25, -0.2) is 0 Å². The Morgan fingerprint density at radius 2 is 2.27 bits per heavy atom. The quantitative estimate of drug-likeness (QED) is 0.696. The Morgan fingerprint density at radius 3 is 2.67 bits per heavy atom. The van der Waals surface area contributed by atoms with Gasteiger partial charge < -0.3 is 4.74 Å². The summed E-state index contributed by atoms with van der Waals surface area (Å²) in [6.07, 6.45) is 7.85. The first-order valence-corrected chi connectivity index (χ1v) is 5.42. The summed E-state index contributed by atoms with van der Waals surface area (Å²) in [5.41, 5.74) is -0.0924. The molecule has 3 nitrogen and oxygen atoms in total. The summed E-state index contributed by atoms with van der Waals surface area (Å²) in [6.45, 7) is 6.41. The predicted octanol–water partition coefficient (Wildman–Crippen LogP) is 2.95. The molecule has 0 radical (unpaired) electrons. The zero-order valence-corrected chi connectivity index (χ0v) is 10.0. The standard InChI is InChI=1S/C12H20N2O/c1-5-11(15-4)10-12(3,6-2)14-9-7-8-13-14/h7-10H,5-6H2,1-4H3/b11-10+. The average molecular weight is 208 g/mol. The van der Waals surface area contributed by atoms with E-state index in [1.54, 1.807) is 13.3 Å². The minimum absolute atomic E-state index is 0.0924. The zero-order chi connectivity index (χ0) is 11.3. The molecule has 0 aliphatic carbocycles. The van der Waals surface area contributed by atoms with Gasteiger partial charge in [0.2, 0.25) is 0 Å². The number of ether oxygens (including phenoxy) is 1. The molecule has 0 spiro atoms. The smallest absolute Gasteiger partial charge is 0.0936 e. The average Bonchev–Trinajstić information content (AvgIpc) is 2.79. The van der Waals surface area contributed by atoms with Crippen LogP contribution in [0, 0.1) is 0 Å². The van der Waals surface area contributed by atoms with Crippen molar-refractivity contribution in [2.75, 3.05) is 7.11 Å². The highest BCUT2D eigenvalue weighted by molar-refractivity contribution is 5.06. The van der Waals surface area contributed by atoms with Crippen LogP contribution in [0.3, 0.4) is 0 Å². The fraction of sp³-hybridized carbons (Fsp3) is 0.583. The summed E-state index contributed by atoms with van der Waals surface area (Å²) < 4.78 is 7.29. The topological polar surface area (TPSA) is 27.1 Å². The summed E-state index contributed by atoms with van der Waals surface area (Å²) in [4.78, 5) is 0. The van der Waals surface area contributed by atoms with Crippen LogP contribution >= 0.6 is 0 Å². The van der Waals surface area contributed by atoms with Crippen molar-refractivity contribution in [1.29, 1.82) is 0 Å². The maximum absolute atomic E-state index is 5.32. The van der Waals surface area contributed by atoms with Crippen LogP contribution in [-0.2, 0) is 10.3 Å². The number of hydrogen-bond donors (Lipinski definition) is 0. The molecule has 1 unspecified atom stereocenters. The molecule has 0 aliphatic heterocycles. The van der Waals surface area contributed by atoms with Crippen molar-refractivity contribution in [3.63, 3.8) is 0 Å². The fourth-order valence-electron chi connectivity index (χ4n) is 1.55. The van der Waals surface area contributed by atoms with Crippen molar-refractivity contribution in [3.8, 4) is 0 Å². The van der Waals surface area contributed by atoms with Gasteiger partial charge in [-0.1, -0.05) is 13.8 Å². The van der Waals surface area contributed by atoms with Crippen molar-refractivity contribution in [2.45, 2.75) is 39.2 Å². The van der Waals surface area contributed by atoms with Crippen LogP contribution in [0.15, 0.2) is 30.3 Å². The Balaban J connectivity index is 3.00. The second-order valence-electron chi connectivity index (χ2n) is 3.83. The molecule has 3 heteroatoms. The maximum atomic E-state index is 5.32. The Kier molecular flexibility index (Phi) is 3.95. The molecule has 0 aromatic carbocycles. The highest BCUT2D eigenvalue weighted by Crippen LogP contribution is 2.23. The first-order chi connectivity index (χ1) is 7.16. The molecule has 1 aromatic rings. The van der Waals surface area contributed by atoms with E-state index in [0.29, 0.717) is 0 Å². The maximum Gasteiger partial charge on any atom is 0.0936 e. The molecular formula is C12H20N2O. The monoisotopic (exact) mass is 208 g/mol. The molecular weight excluding hydrogens is 188 g/mol. The van der Waals surface area contributed by atoms with Crippen molar-refractivity contribution < 1.29 is 4.74 Å². The molecule has 1 rings (SSSR count). The largest absolute Gasteiger partial charge is 0.501 e. The molecule has 0 aliphatic rings. The van der Waals surface area contributed by atoms with Crippen molar-refractivity contribution in [3.05, 3.63) is 30.3 Å². The first kappa shape index (κ1) is 11.8. The third-order valence-electron chi connectivity index (χ3n) is 2.83. The minimum atomic E-state index is -0.0924. The molecule has 1 aromatic heterocycles. The minimum Gasteiger partial charge on any atom is -0.501 e. The van der Waals surface area contributed by atoms with Gasteiger partial charge in [-0.3, -0.25) is 4.68 Å². The van der Waals surface area contributed by atoms with Gasteiger partial charge in [0.25, 0.3) is 0 Å². The second kappa shape index (κ2) is 5.01. The SMILES string of the molecule is CC/C(=C\C(C)(CC)n1cccn1)OC. The van der Waals surface area contributed by atoms with Crippen LogP contribution in [0.5, 0.6) is 0 Å². The second-order valence-corrected chi connectivity index (χ2v) is 3.83. The van der Waals surface area contributed by atoms with Gasteiger partial charge in [0.05, 0.1) is 18.4 Å². The number of nitrogens with zero attached hydrogens (tertiary/aromatic N) is 2. The van der Waals surface area contributed by atoms with Gasteiger partial charge in [-0.2, -0.15) is 5.10 Å². The van der Waals surface area contributed by atoms with Crippen LogP contribution < -0.4 is 0 Å². The molecule has 0 fully saturated rings. The van der Waals surface area contributed by atoms with E-state index in [0.717, 1.165) is 18.6 Å². The molecule has 84 valence electrons. The molecule has 0 saturated heterocycles. The molecule has 0 amide bonds. The van der Waals surface area contributed by atoms with Gasteiger partial charge in [-0.05, 0) is 25.5 Å². The van der Waals surface area contributed by atoms with Gasteiger partial charge in [0, 0.05) is 18.8 Å². The first-order valence-electron chi connectivity index (χ1n) is 5.42. The van der Waals surface area contributed by atoms with Crippen molar-refractivity contribution in [1.82, 2.24) is 9.78 Å². The number of rotatable bonds is 5. The van der Waals surface area contributed by atoms with Crippen LogP contribution in [0.2, 0.25) is 0 Å². The summed E-state index contributed by atoms with van der Waals surface area (Å²) in [7, 11) is 1.72. The lowest BCUT2D eigenvalue weighted by Gasteiger charge is -2.26. The van der Waals surface area contributed by atoms with E-state index in [-0.39, 0.29) is 5.54 Å². The summed E-state index contributed by atoms with van der Waals surface area (Å²) in [6, 6.07) is 1.94. The zero-order valence-electron chi connectivity index (χ0n) is 10.0. The number of hydrogen-bond acceptors (Lipinski definition) is 2. The third kappa shape index (κ3) is 2.61. The van der Waals surface area contributed by atoms with Gasteiger partial charge in [0.15, 0.2) is 0 Å². The van der Waals surface area contributed by atoms with Gasteiger partial charge in [-0.15, -0.1) is 0 Å². The van der Waals surface area contributed by atoms with E-state index in [1.807, 2.05) is 16.9 Å². The number of allylic oxidation sites excluding steroid dienone is 2. The molecule has 0 bridgehead atoms. The molecule has 0 N–H and O–H groups in total. The lowest BCUT2D eigenvalue weighted by Crippen LogP contribution is -2.28. The Labute approximate surface area is 91.7 Å². The number of methoxy groups -OCH3 is 1. The van der Waals surface area contributed by atoms with E-state index in [2.05, 4.69) is 31.9 Å². The lowest BCUT2D eigenvalue weighted by atomic mass is 9.97.